The summed E-state index contributed by atoms with van der Waals surface area (Å²) in [6, 6.07) is 6.68. The number of hydrogen-bond acceptors (Lipinski definition) is 8. The Labute approximate surface area is 201 Å². The number of fused-ring (bicyclic) bond motifs is 1. The van der Waals surface area contributed by atoms with Gasteiger partial charge in [0.25, 0.3) is 15.9 Å². The van der Waals surface area contributed by atoms with Crippen molar-refractivity contribution in [3.8, 4) is 0 Å². The molecule has 0 aliphatic carbocycles. The van der Waals surface area contributed by atoms with Crippen LogP contribution in [0.1, 0.15) is 15.9 Å². The molecule has 4 amide bonds. The number of thiophene rings is 1. The Morgan fingerprint density at radius 3 is 2.59 bits per heavy atom. The molecule has 0 saturated heterocycles. The van der Waals surface area contributed by atoms with E-state index in [2.05, 4.69) is 15.6 Å². The molecule has 34 heavy (non-hydrogen) atoms. The molecule has 0 radical (unpaired) electrons. The largest absolute Gasteiger partial charge is 0.387 e. The summed E-state index contributed by atoms with van der Waals surface area (Å²) in [5.41, 5.74) is 1.48. The second-order valence-electron chi connectivity index (χ2n) is 6.97. The highest BCUT2D eigenvalue weighted by Crippen LogP contribution is 2.31. The van der Waals surface area contributed by atoms with E-state index in [1.165, 1.54) is 18.2 Å². The van der Waals surface area contributed by atoms with Crippen LogP contribution >= 0.6 is 22.9 Å². The lowest BCUT2D eigenvalue weighted by molar-refractivity contribution is -0.117. The second kappa shape index (κ2) is 9.00. The van der Waals surface area contributed by atoms with Gasteiger partial charge in [-0.1, -0.05) is 22.9 Å². The lowest BCUT2D eigenvalue weighted by atomic mass is 9.97. The number of carbonyl (C=O) groups is 3. The van der Waals surface area contributed by atoms with E-state index in [1.54, 1.807) is 17.8 Å². The average molecular weight is 524 g/mol. The number of nitrogens with one attached hydrogen (secondary N) is 3. The lowest BCUT2D eigenvalue weighted by Gasteiger charge is -2.26. The van der Waals surface area contributed by atoms with Crippen LogP contribution < -0.4 is 20.3 Å². The maximum Gasteiger partial charge on any atom is 0.333 e. The zero-order chi connectivity index (χ0) is 24.6. The van der Waals surface area contributed by atoms with E-state index in [1.807, 2.05) is 0 Å². The molecule has 3 N–H and O–H groups in total. The summed E-state index contributed by atoms with van der Waals surface area (Å²) in [7, 11) is -2.58. The van der Waals surface area contributed by atoms with E-state index in [9.17, 15) is 27.2 Å². The highest BCUT2D eigenvalue weighted by atomic mass is 35.5. The minimum absolute atomic E-state index is 0.0158. The van der Waals surface area contributed by atoms with Crippen molar-refractivity contribution in [3.63, 3.8) is 0 Å². The van der Waals surface area contributed by atoms with E-state index in [0.717, 1.165) is 23.2 Å². The molecule has 4 rings (SSSR count). The Morgan fingerprint density at radius 2 is 1.97 bits per heavy atom. The molecule has 176 valence electrons. The maximum atomic E-state index is 13.1. The molecule has 14 heteroatoms. The van der Waals surface area contributed by atoms with Gasteiger partial charge in [0.2, 0.25) is 5.91 Å². The van der Waals surface area contributed by atoms with E-state index < -0.39 is 33.0 Å². The molecule has 3 heterocycles. The number of hydrogen-bond donors (Lipinski definition) is 3. The molecule has 0 spiro atoms. The van der Waals surface area contributed by atoms with Crippen LogP contribution in [-0.4, -0.2) is 38.3 Å². The third kappa shape index (κ3) is 4.58. The van der Waals surface area contributed by atoms with Gasteiger partial charge in [0, 0.05) is 12.6 Å². The first-order chi connectivity index (χ1) is 16.1. The van der Waals surface area contributed by atoms with Gasteiger partial charge in [-0.15, -0.1) is 0 Å². The Kier molecular flexibility index (Phi) is 6.25. The van der Waals surface area contributed by atoms with Crippen molar-refractivity contribution in [1.82, 2.24) is 9.71 Å². The third-order valence-corrected chi connectivity index (χ3v) is 7.77. The van der Waals surface area contributed by atoms with Crippen LogP contribution in [0.15, 0.2) is 46.8 Å². The molecule has 0 unspecified atom stereocenters. The summed E-state index contributed by atoms with van der Waals surface area (Å²) < 4.78 is 38.7. The van der Waals surface area contributed by atoms with Gasteiger partial charge in [-0.3, -0.25) is 9.59 Å². The van der Waals surface area contributed by atoms with E-state index >= 15 is 0 Å². The molecule has 3 aromatic rings. The molecular weight excluding hydrogens is 509 g/mol. The number of imide groups is 1. The molecule has 10 nitrogen and oxygen atoms in total. The number of urea groups is 1. The SMILES string of the molecule is CNc1cc2c(cc1Cl)C(=O)N(c1ccc(NC(=O)NS(=O)(=O)c3ccc(F)s3)cn1)C(=O)C2. The number of anilines is 3. The van der Waals surface area contributed by atoms with Gasteiger partial charge in [0.1, 0.15) is 10.0 Å². The Morgan fingerprint density at radius 1 is 1.21 bits per heavy atom. The van der Waals surface area contributed by atoms with Crippen LogP contribution in [0.2, 0.25) is 5.02 Å². The van der Waals surface area contributed by atoms with Crippen molar-refractivity contribution in [2.24, 2.45) is 0 Å². The van der Waals surface area contributed by atoms with Gasteiger partial charge >= 0.3 is 6.03 Å². The van der Waals surface area contributed by atoms with E-state index in [0.29, 0.717) is 27.6 Å². The standard InChI is InChI=1S/C20H15ClFN5O5S2/c1-23-14-6-10-7-17(28)27(19(29)12(10)8-13(14)21)16-4-2-11(9-24-16)25-20(30)26-34(31,32)18-5-3-15(22)33-18/h2-6,8-9,23H,7H2,1H3,(H2,25,26,30). The summed E-state index contributed by atoms with van der Waals surface area (Å²) in [5.74, 6) is -1.08. The number of halogens is 2. The lowest BCUT2D eigenvalue weighted by Crippen LogP contribution is -2.43. The predicted molar refractivity (Wildman–Crippen MR) is 124 cm³/mol. The van der Waals surface area contributed by atoms with Crippen molar-refractivity contribution in [2.75, 3.05) is 22.6 Å². The summed E-state index contributed by atoms with van der Waals surface area (Å²) in [5, 5.41) is 4.77. The fourth-order valence-corrected chi connectivity index (χ4v) is 5.39. The number of amides is 4. The summed E-state index contributed by atoms with van der Waals surface area (Å²) >= 11 is 6.54. The quantitative estimate of drug-likeness (QED) is 0.436. The molecular formula is C20H15ClFN5O5S2. The normalized spacial score (nSPS) is 13.4. The fraction of sp³-hybridized carbons (Fsp3) is 0.100. The fourth-order valence-electron chi connectivity index (χ4n) is 3.23. The summed E-state index contributed by atoms with van der Waals surface area (Å²) in [6.45, 7) is 0. The molecule has 1 aliphatic rings. The minimum atomic E-state index is -4.25. The molecule has 0 bridgehead atoms. The first kappa shape index (κ1) is 23.6. The summed E-state index contributed by atoms with van der Waals surface area (Å²) in [4.78, 5) is 42.6. The first-order valence-electron chi connectivity index (χ1n) is 9.51. The van der Waals surface area contributed by atoms with Gasteiger partial charge < -0.3 is 10.6 Å². The number of benzene rings is 1. The first-order valence-corrected chi connectivity index (χ1v) is 12.2. The number of aromatic nitrogens is 1. The molecule has 0 fully saturated rings. The topological polar surface area (TPSA) is 138 Å². The Balaban J connectivity index is 1.49. The van der Waals surface area contributed by atoms with Crippen LogP contribution in [0.4, 0.5) is 26.4 Å². The Hall–Kier alpha value is -3.55. The van der Waals surface area contributed by atoms with Gasteiger partial charge in [0.15, 0.2) is 5.13 Å². The minimum Gasteiger partial charge on any atom is -0.387 e. The molecule has 1 aliphatic heterocycles. The number of pyridine rings is 1. The van der Waals surface area contributed by atoms with Crippen molar-refractivity contribution in [1.29, 1.82) is 0 Å². The van der Waals surface area contributed by atoms with E-state index in [-0.39, 0.29) is 27.7 Å². The highest BCUT2D eigenvalue weighted by Gasteiger charge is 2.33. The smallest absolute Gasteiger partial charge is 0.333 e. The summed E-state index contributed by atoms with van der Waals surface area (Å²) in [6.07, 6.45) is 1.11. The average Bonchev–Trinajstić information content (AvgIpc) is 3.22. The van der Waals surface area contributed by atoms with Gasteiger partial charge in [-0.05, 0) is 42.0 Å². The number of carbonyl (C=O) groups excluding carboxylic acids is 3. The van der Waals surface area contributed by atoms with Crippen molar-refractivity contribution in [3.05, 3.63) is 63.9 Å². The second-order valence-corrected chi connectivity index (χ2v) is 10.3. The van der Waals surface area contributed by atoms with Crippen LogP contribution in [0.25, 0.3) is 0 Å². The van der Waals surface area contributed by atoms with Gasteiger partial charge in [-0.2, -0.15) is 4.39 Å². The third-order valence-electron chi connectivity index (χ3n) is 4.76. The number of rotatable bonds is 5. The Bertz CT molecular complexity index is 1430. The van der Waals surface area contributed by atoms with Crippen molar-refractivity contribution in [2.45, 2.75) is 10.6 Å². The van der Waals surface area contributed by atoms with Crippen LogP contribution in [0.3, 0.4) is 0 Å². The van der Waals surface area contributed by atoms with Crippen LogP contribution in [-0.2, 0) is 21.2 Å². The number of sulfonamides is 1. The number of nitrogens with zero attached hydrogens (tertiary/aromatic N) is 2. The van der Waals surface area contributed by atoms with Crippen LogP contribution in [0, 0.1) is 5.13 Å². The van der Waals surface area contributed by atoms with Gasteiger partial charge in [0.05, 0.1) is 29.0 Å². The molecule has 0 saturated carbocycles. The predicted octanol–water partition coefficient (Wildman–Crippen LogP) is 3.22. The van der Waals surface area contributed by atoms with Crippen LogP contribution in [0.5, 0.6) is 0 Å². The molecule has 1 aromatic carbocycles. The van der Waals surface area contributed by atoms with Crippen molar-refractivity contribution < 1.29 is 27.2 Å². The van der Waals surface area contributed by atoms with E-state index in [4.69, 9.17) is 11.6 Å². The monoisotopic (exact) mass is 523 g/mol. The highest BCUT2D eigenvalue weighted by molar-refractivity contribution is 7.92. The van der Waals surface area contributed by atoms with Gasteiger partial charge in [-0.25, -0.2) is 27.8 Å². The zero-order valence-corrected chi connectivity index (χ0v) is 19.6. The molecule has 0 atom stereocenters. The zero-order valence-electron chi connectivity index (χ0n) is 17.3. The maximum absolute atomic E-state index is 13.1. The molecule has 2 aromatic heterocycles. The van der Waals surface area contributed by atoms with Crippen molar-refractivity contribution >= 4 is 68.0 Å².